The summed E-state index contributed by atoms with van der Waals surface area (Å²) in [6.07, 6.45) is 6.72. The molecule has 1 heterocycles. The molecule has 1 N–H and O–H groups in total. The van der Waals surface area contributed by atoms with Crippen molar-refractivity contribution in [3.05, 3.63) is 71.8 Å². The average molecular weight is 542 g/mol. The molecule has 1 saturated carbocycles. The first-order chi connectivity index (χ1) is 19.5. The van der Waals surface area contributed by atoms with Gasteiger partial charge in [0.25, 0.3) is 5.91 Å². The molecule has 3 aromatic carbocycles. The van der Waals surface area contributed by atoms with E-state index in [0.29, 0.717) is 37.2 Å². The third-order valence-electron chi connectivity index (χ3n) is 8.25. The molecule has 1 fully saturated rings. The smallest absolute Gasteiger partial charge is 0.258 e. The van der Waals surface area contributed by atoms with Gasteiger partial charge in [-0.2, -0.15) is 0 Å². The molecule has 0 unspecified atom stereocenters. The summed E-state index contributed by atoms with van der Waals surface area (Å²) in [6.45, 7) is 2.72. The number of carbonyl (C=O) groups excluding carboxylic acids is 3. The van der Waals surface area contributed by atoms with Crippen molar-refractivity contribution in [3.8, 4) is 5.75 Å². The molecule has 7 nitrogen and oxygen atoms in total. The molecule has 1 aliphatic heterocycles. The fourth-order valence-corrected chi connectivity index (χ4v) is 6.16. The van der Waals surface area contributed by atoms with Gasteiger partial charge in [-0.1, -0.05) is 62.6 Å². The van der Waals surface area contributed by atoms with Crippen LogP contribution in [-0.2, 0) is 16.1 Å². The Morgan fingerprint density at radius 1 is 1.05 bits per heavy atom. The summed E-state index contributed by atoms with van der Waals surface area (Å²) in [7, 11) is 1.62. The van der Waals surface area contributed by atoms with Gasteiger partial charge in [-0.3, -0.25) is 14.4 Å². The quantitative estimate of drug-likeness (QED) is 0.331. The number of anilines is 1. The fourth-order valence-electron chi connectivity index (χ4n) is 6.16. The third kappa shape index (κ3) is 5.83. The van der Waals surface area contributed by atoms with E-state index in [9.17, 15) is 14.4 Å². The molecule has 5 rings (SSSR count). The summed E-state index contributed by atoms with van der Waals surface area (Å²) in [5.41, 5.74) is 2.52. The highest BCUT2D eigenvalue weighted by atomic mass is 16.5. The average Bonchev–Trinajstić information content (AvgIpc) is 3.25. The molecule has 0 radical (unpaired) electrons. The Balaban J connectivity index is 1.30. The minimum Gasteiger partial charge on any atom is -0.497 e. The van der Waals surface area contributed by atoms with Gasteiger partial charge in [0.05, 0.1) is 12.8 Å². The number of ether oxygens (including phenoxy) is 1. The number of nitrogens with zero attached hydrogens (tertiary/aromatic N) is 2. The van der Waals surface area contributed by atoms with Crippen molar-refractivity contribution in [2.45, 2.75) is 76.9 Å². The summed E-state index contributed by atoms with van der Waals surface area (Å²) in [5, 5.41) is 5.25. The molecule has 0 spiro atoms. The SMILES string of the molecule is CC[C@H](C(=O)NC1CCCCC1)N(Cc1cccc(OC)c1)C(=O)CCCN1C(=O)c2cccc3cccc1c23. The van der Waals surface area contributed by atoms with Crippen LogP contribution in [0.5, 0.6) is 5.75 Å². The molecule has 2 aliphatic rings. The Kier molecular flexibility index (Phi) is 8.68. The van der Waals surface area contributed by atoms with Crippen molar-refractivity contribution in [3.63, 3.8) is 0 Å². The second kappa shape index (κ2) is 12.5. The van der Waals surface area contributed by atoms with Gasteiger partial charge in [0, 0.05) is 36.5 Å². The standard InChI is InChI=1S/C33H39N3O4/c1-3-28(32(38)34-25-14-5-4-6-15-25)36(22-23-11-7-16-26(21-23)40-2)30(37)19-10-20-35-29-18-9-13-24-12-8-17-27(31(24)29)33(35)39/h7-9,11-13,16-18,21,25,28H,3-6,10,14-15,19-20,22H2,1-2H3,(H,34,38)/t28-/m1/s1. The zero-order valence-corrected chi connectivity index (χ0v) is 23.5. The van der Waals surface area contributed by atoms with E-state index in [2.05, 4.69) is 5.32 Å². The number of nitrogens with one attached hydrogen (secondary N) is 1. The molecule has 3 amide bonds. The molecule has 1 aliphatic carbocycles. The Morgan fingerprint density at radius 2 is 1.80 bits per heavy atom. The van der Waals surface area contributed by atoms with Crippen molar-refractivity contribution >= 4 is 34.2 Å². The molecule has 40 heavy (non-hydrogen) atoms. The molecule has 0 bridgehead atoms. The number of hydrogen-bond acceptors (Lipinski definition) is 4. The first-order valence-corrected chi connectivity index (χ1v) is 14.6. The second-order valence-electron chi connectivity index (χ2n) is 10.9. The summed E-state index contributed by atoms with van der Waals surface area (Å²) < 4.78 is 5.39. The van der Waals surface area contributed by atoms with E-state index in [1.54, 1.807) is 16.9 Å². The topological polar surface area (TPSA) is 79.0 Å². The zero-order chi connectivity index (χ0) is 28.1. The maximum atomic E-state index is 13.8. The van der Waals surface area contributed by atoms with Gasteiger partial charge in [-0.25, -0.2) is 0 Å². The van der Waals surface area contributed by atoms with Crippen LogP contribution in [0.4, 0.5) is 5.69 Å². The zero-order valence-electron chi connectivity index (χ0n) is 23.5. The van der Waals surface area contributed by atoms with Gasteiger partial charge in [0.15, 0.2) is 0 Å². The molecule has 3 aromatic rings. The predicted octanol–water partition coefficient (Wildman–Crippen LogP) is 5.85. The van der Waals surface area contributed by atoms with Crippen LogP contribution < -0.4 is 15.0 Å². The lowest BCUT2D eigenvalue weighted by Gasteiger charge is -2.33. The van der Waals surface area contributed by atoms with Gasteiger partial charge in [0.1, 0.15) is 11.8 Å². The molecule has 1 atom stereocenters. The Bertz CT molecular complexity index is 1380. The number of carbonyl (C=O) groups is 3. The summed E-state index contributed by atoms with van der Waals surface area (Å²) in [5.74, 6) is 0.523. The first-order valence-electron chi connectivity index (χ1n) is 14.6. The van der Waals surface area contributed by atoms with Crippen molar-refractivity contribution in [1.29, 1.82) is 0 Å². The van der Waals surface area contributed by atoms with E-state index in [-0.39, 0.29) is 30.2 Å². The van der Waals surface area contributed by atoms with Gasteiger partial charge in [-0.05, 0) is 60.9 Å². The van der Waals surface area contributed by atoms with Crippen molar-refractivity contribution < 1.29 is 19.1 Å². The predicted molar refractivity (Wildman–Crippen MR) is 157 cm³/mol. The van der Waals surface area contributed by atoms with Crippen molar-refractivity contribution in [2.24, 2.45) is 0 Å². The number of amides is 3. The van der Waals surface area contributed by atoms with Crippen LogP contribution >= 0.6 is 0 Å². The Hall–Kier alpha value is -3.87. The normalized spacial score (nSPS) is 15.8. The summed E-state index contributed by atoms with van der Waals surface area (Å²) >= 11 is 0. The Labute approximate surface area is 236 Å². The van der Waals surface area contributed by atoms with Gasteiger partial charge < -0.3 is 19.9 Å². The largest absolute Gasteiger partial charge is 0.497 e. The van der Waals surface area contributed by atoms with E-state index in [1.807, 2.05) is 67.6 Å². The van der Waals surface area contributed by atoms with Gasteiger partial charge in [-0.15, -0.1) is 0 Å². The highest BCUT2D eigenvalue weighted by Gasteiger charge is 2.32. The number of hydrogen-bond donors (Lipinski definition) is 1. The number of benzene rings is 3. The van der Waals surface area contributed by atoms with Crippen LogP contribution in [0.1, 0.15) is 74.2 Å². The van der Waals surface area contributed by atoms with Crippen LogP contribution in [0.2, 0.25) is 0 Å². The van der Waals surface area contributed by atoms with Crippen LogP contribution in [0.3, 0.4) is 0 Å². The minimum absolute atomic E-state index is 0.0224. The monoisotopic (exact) mass is 541 g/mol. The van der Waals surface area contributed by atoms with Crippen molar-refractivity contribution in [2.75, 3.05) is 18.6 Å². The van der Waals surface area contributed by atoms with Crippen LogP contribution in [-0.4, -0.2) is 48.4 Å². The van der Waals surface area contributed by atoms with E-state index >= 15 is 0 Å². The van der Waals surface area contributed by atoms with Crippen LogP contribution in [0.25, 0.3) is 10.8 Å². The highest BCUT2D eigenvalue weighted by molar-refractivity contribution is 6.25. The van der Waals surface area contributed by atoms with Gasteiger partial charge >= 0.3 is 0 Å². The highest BCUT2D eigenvalue weighted by Crippen LogP contribution is 2.37. The molecular weight excluding hydrogens is 502 g/mol. The first kappa shape index (κ1) is 27.7. The molecule has 0 saturated heterocycles. The molecular formula is C33H39N3O4. The lowest BCUT2D eigenvalue weighted by molar-refractivity contribution is -0.141. The Morgan fingerprint density at radius 3 is 2.55 bits per heavy atom. The number of rotatable bonds is 11. The maximum absolute atomic E-state index is 13.8. The van der Waals surface area contributed by atoms with E-state index < -0.39 is 6.04 Å². The van der Waals surface area contributed by atoms with E-state index in [0.717, 1.165) is 47.7 Å². The maximum Gasteiger partial charge on any atom is 0.258 e. The fraction of sp³-hybridized carbons (Fsp3) is 0.424. The van der Waals surface area contributed by atoms with E-state index in [1.165, 1.54) is 6.42 Å². The summed E-state index contributed by atoms with van der Waals surface area (Å²) in [4.78, 5) is 43.9. The van der Waals surface area contributed by atoms with Crippen LogP contribution in [0, 0.1) is 0 Å². The molecule has 7 heteroatoms. The van der Waals surface area contributed by atoms with E-state index in [4.69, 9.17) is 4.74 Å². The second-order valence-corrected chi connectivity index (χ2v) is 10.9. The van der Waals surface area contributed by atoms with Crippen LogP contribution in [0.15, 0.2) is 60.7 Å². The molecule has 0 aromatic heterocycles. The number of methoxy groups -OCH3 is 1. The molecule has 210 valence electrons. The summed E-state index contributed by atoms with van der Waals surface area (Å²) in [6, 6.07) is 19.0. The minimum atomic E-state index is -0.563. The lowest BCUT2D eigenvalue weighted by Crippen LogP contribution is -2.51. The van der Waals surface area contributed by atoms with Gasteiger partial charge in [0.2, 0.25) is 11.8 Å². The van der Waals surface area contributed by atoms with Crippen molar-refractivity contribution in [1.82, 2.24) is 10.2 Å². The third-order valence-corrected chi connectivity index (χ3v) is 8.25. The lowest BCUT2D eigenvalue weighted by atomic mass is 9.95.